The largest absolute Gasteiger partial charge is 0.295 e. The number of carbonyl (C=O) groups excluding carboxylic acids is 1. The van der Waals surface area contributed by atoms with Gasteiger partial charge in [0, 0.05) is 5.56 Å². The molecule has 0 aliphatic carbocycles. The summed E-state index contributed by atoms with van der Waals surface area (Å²) < 4.78 is 0. The molecule has 0 bridgehead atoms. The maximum absolute atomic E-state index is 11.3. The highest BCUT2D eigenvalue weighted by atomic mass is 16.1. The summed E-state index contributed by atoms with van der Waals surface area (Å²) in [6, 6.07) is 10.1. The van der Waals surface area contributed by atoms with Gasteiger partial charge in [-0.15, -0.1) is 0 Å². The zero-order valence-electron chi connectivity index (χ0n) is 9.29. The van der Waals surface area contributed by atoms with Crippen molar-refractivity contribution in [3.8, 4) is 0 Å². The molecular formula is C14H14O. The number of fused-ring (bicyclic) bond motifs is 1. The van der Waals surface area contributed by atoms with E-state index in [0.717, 1.165) is 10.9 Å². The summed E-state index contributed by atoms with van der Waals surface area (Å²) >= 11 is 0. The molecule has 1 nitrogen and oxygen atoms in total. The van der Waals surface area contributed by atoms with E-state index in [2.05, 4.69) is 26.0 Å². The fourth-order valence-electron chi connectivity index (χ4n) is 2.07. The number of ketones is 1. The monoisotopic (exact) mass is 198 g/mol. The molecule has 0 atom stereocenters. The van der Waals surface area contributed by atoms with Crippen LogP contribution in [0.15, 0.2) is 30.3 Å². The lowest BCUT2D eigenvalue weighted by Gasteiger charge is -2.07. The van der Waals surface area contributed by atoms with Crippen molar-refractivity contribution in [3.63, 3.8) is 0 Å². The fraction of sp³-hybridized carbons (Fsp3) is 0.214. The normalized spacial score (nSPS) is 10.6. The average molecular weight is 198 g/mol. The van der Waals surface area contributed by atoms with Gasteiger partial charge in [0.05, 0.1) is 0 Å². The van der Waals surface area contributed by atoms with Crippen molar-refractivity contribution < 1.29 is 4.79 Å². The second-order valence-electron chi connectivity index (χ2n) is 4.02. The lowest BCUT2D eigenvalue weighted by Crippen LogP contribution is -1.94. The van der Waals surface area contributed by atoms with Gasteiger partial charge in [-0.1, -0.05) is 18.2 Å². The molecule has 0 aliphatic rings. The van der Waals surface area contributed by atoms with Crippen LogP contribution < -0.4 is 0 Å². The van der Waals surface area contributed by atoms with Crippen LogP contribution in [0, 0.1) is 13.8 Å². The minimum absolute atomic E-state index is 0.126. The highest BCUT2D eigenvalue weighted by Crippen LogP contribution is 2.24. The zero-order valence-corrected chi connectivity index (χ0v) is 9.29. The van der Waals surface area contributed by atoms with Crippen LogP contribution in [0.25, 0.3) is 10.8 Å². The Kier molecular flexibility index (Phi) is 2.31. The van der Waals surface area contributed by atoms with E-state index in [1.807, 2.05) is 18.2 Å². The quantitative estimate of drug-likeness (QED) is 0.639. The van der Waals surface area contributed by atoms with Crippen LogP contribution in [0.3, 0.4) is 0 Å². The summed E-state index contributed by atoms with van der Waals surface area (Å²) in [5.41, 5.74) is 3.24. The van der Waals surface area contributed by atoms with Crippen LogP contribution in [-0.4, -0.2) is 5.78 Å². The molecule has 1 heteroatoms. The number of benzene rings is 2. The average Bonchev–Trinajstić information content (AvgIpc) is 2.17. The smallest absolute Gasteiger partial charge is 0.159 e. The summed E-state index contributed by atoms with van der Waals surface area (Å²) in [4.78, 5) is 11.3. The van der Waals surface area contributed by atoms with E-state index < -0.39 is 0 Å². The summed E-state index contributed by atoms with van der Waals surface area (Å²) in [6.07, 6.45) is 0. The van der Waals surface area contributed by atoms with Crippen molar-refractivity contribution in [1.29, 1.82) is 0 Å². The molecule has 0 N–H and O–H groups in total. The Morgan fingerprint density at radius 2 is 1.80 bits per heavy atom. The van der Waals surface area contributed by atoms with Crippen molar-refractivity contribution in [3.05, 3.63) is 47.0 Å². The lowest BCUT2D eigenvalue weighted by atomic mass is 9.97. The summed E-state index contributed by atoms with van der Waals surface area (Å²) in [5, 5.41) is 2.42. The van der Waals surface area contributed by atoms with Gasteiger partial charge in [-0.25, -0.2) is 0 Å². The number of aryl methyl sites for hydroxylation is 2. The number of rotatable bonds is 1. The molecule has 0 aromatic heterocycles. The molecule has 15 heavy (non-hydrogen) atoms. The maximum Gasteiger partial charge on any atom is 0.159 e. The first-order valence-corrected chi connectivity index (χ1v) is 5.10. The second-order valence-corrected chi connectivity index (χ2v) is 4.02. The minimum Gasteiger partial charge on any atom is -0.295 e. The van der Waals surface area contributed by atoms with Crippen LogP contribution in [0.4, 0.5) is 0 Å². The third-order valence-corrected chi connectivity index (χ3v) is 2.79. The van der Waals surface area contributed by atoms with Crippen molar-refractivity contribution in [1.82, 2.24) is 0 Å². The van der Waals surface area contributed by atoms with Crippen LogP contribution in [-0.2, 0) is 0 Å². The molecule has 0 radical (unpaired) electrons. The molecule has 0 saturated heterocycles. The standard InChI is InChI=1S/C14H14O/c1-9-5-4-6-12-8-13(11(3)15)7-10(2)14(9)12/h4-8H,1-3H3. The highest BCUT2D eigenvalue weighted by Gasteiger charge is 2.05. The van der Waals surface area contributed by atoms with Crippen LogP contribution in [0.2, 0.25) is 0 Å². The van der Waals surface area contributed by atoms with Gasteiger partial charge in [0.15, 0.2) is 5.78 Å². The first-order chi connectivity index (χ1) is 7.09. The van der Waals surface area contributed by atoms with Crippen molar-refractivity contribution in [2.45, 2.75) is 20.8 Å². The van der Waals surface area contributed by atoms with Crippen LogP contribution in [0.5, 0.6) is 0 Å². The Morgan fingerprint density at radius 3 is 2.47 bits per heavy atom. The molecule has 2 rings (SSSR count). The molecule has 0 fully saturated rings. The molecule has 0 heterocycles. The van der Waals surface area contributed by atoms with Gasteiger partial charge >= 0.3 is 0 Å². The third kappa shape index (κ3) is 1.65. The van der Waals surface area contributed by atoms with E-state index in [1.165, 1.54) is 16.5 Å². The Labute approximate surface area is 89.7 Å². The predicted octanol–water partition coefficient (Wildman–Crippen LogP) is 3.66. The van der Waals surface area contributed by atoms with Gasteiger partial charge in [0.25, 0.3) is 0 Å². The summed E-state index contributed by atoms with van der Waals surface area (Å²) in [5.74, 6) is 0.126. The lowest BCUT2D eigenvalue weighted by molar-refractivity contribution is 0.101. The molecule has 0 amide bonds. The van der Waals surface area contributed by atoms with Crippen molar-refractivity contribution in [2.75, 3.05) is 0 Å². The van der Waals surface area contributed by atoms with Gasteiger partial charge in [-0.05, 0) is 54.8 Å². The van der Waals surface area contributed by atoms with E-state index >= 15 is 0 Å². The number of carbonyl (C=O) groups is 1. The zero-order chi connectivity index (χ0) is 11.0. The molecule has 0 unspecified atom stereocenters. The number of hydrogen-bond donors (Lipinski definition) is 0. The minimum atomic E-state index is 0.126. The van der Waals surface area contributed by atoms with Gasteiger partial charge in [0.2, 0.25) is 0 Å². The summed E-state index contributed by atoms with van der Waals surface area (Å²) in [7, 11) is 0. The first kappa shape index (κ1) is 9.91. The number of hydrogen-bond acceptors (Lipinski definition) is 1. The third-order valence-electron chi connectivity index (χ3n) is 2.79. The Bertz CT molecular complexity index is 538. The van der Waals surface area contributed by atoms with Crippen LogP contribution in [0.1, 0.15) is 28.4 Å². The van der Waals surface area contributed by atoms with E-state index in [1.54, 1.807) is 6.92 Å². The van der Waals surface area contributed by atoms with Gasteiger partial charge < -0.3 is 0 Å². The molecule has 2 aromatic rings. The SMILES string of the molecule is CC(=O)c1cc(C)c2c(C)cccc2c1. The van der Waals surface area contributed by atoms with E-state index in [4.69, 9.17) is 0 Å². The first-order valence-electron chi connectivity index (χ1n) is 5.10. The second kappa shape index (κ2) is 3.50. The Hall–Kier alpha value is -1.63. The molecule has 0 saturated carbocycles. The molecule has 0 spiro atoms. The van der Waals surface area contributed by atoms with Gasteiger partial charge in [-0.2, -0.15) is 0 Å². The topological polar surface area (TPSA) is 17.1 Å². The van der Waals surface area contributed by atoms with Crippen molar-refractivity contribution >= 4 is 16.6 Å². The van der Waals surface area contributed by atoms with E-state index in [0.29, 0.717) is 0 Å². The predicted molar refractivity (Wildman–Crippen MR) is 63.4 cm³/mol. The van der Waals surface area contributed by atoms with Crippen molar-refractivity contribution in [2.24, 2.45) is 0 Å². The highest BCUT2D eigenvalue weighted by molar-refractivity contribution is 6.00. The number of Topliss-reactive ketones (excluding diaryl/α,β-unsaturated/α-hetero) is 1. The fourth-order valence-corrected chi connectivity index (χ4v) is 2.07. The Morgan fingerprint density at radius 1 is 1.07 bits per heavy atom. The van der Waals surface area contributed by atoms with E-state index in [-0.39, 0.29) is 5.78 Å². The molecule has 76 valence electrons. The van der Waals surface area contributed by atoms with E-state index in [9.17, 15) is 4.79 Å². The van der Waals surface area contributed by atoms with Gasteiger partial charge in [-0.3, -0.25) is 4.79 Å². The Balaban J connectivity index is 2.84. The maximum atomic E-state index is 11.3. The molecule has 2 aromatic carbocycles. The van der Waals surface area contributed by atoms with Gasteiger partial charge in [0.1, 0.15) is 0 Å². The molecular weight excluding hydrogens is 184 g/mol. The van der Waals surface area contributed by atoms with Crippen LogP contribution >= 0.6 is 0 Å². The summed E-state index contributed by atoms with van der Waals surface area (Å²) in [6.45, 7) is 5.76. The molecule has 0 aliphatic heterocycles.